The Morgan fingerprint density at radius 1 is 1.30 bits per heavy atom. The predicted molar refractivity (Wildman–Crippen MR) is 94.2 cm³/mol. The molecule has 4 N–H and O–H groups in total. The van der Waals surface area contributed by atoms with Crippen molar-refractivity contribution in [1.29, 1.82) is 0 Å². The van der Waals surface area contributed by atoms with Crippen LogP contribution in [-0.4, -0.2) is 82.5 Å². The normalized spacial score (nSPS) is 18.6. The van der Waals surface area contributed by atoms with Gasteiger partial charge in [0.2, 0.25) is 12.2 Å². The summed E-state index contributed by atoms with van der Waals surface area (Å²) in [6.07, 6.45) is -1.75. The molecule has 0 spiro atoms. The molecule has 2 aliphatic rings. The average molecular weight is 382 g/mol. The fraction of sp³-hybridized carbons (Fsp3) is 0.647. The molecule has 0 aliphatic carbocycles. The number of aliphatic hydroxyl groups is 3. The Morgan fingerprint density at radius 2 is 2.04 bits per heavy atom. The van der Waals surface area contributed by atoms with Crippen LogP contribution >= 0.6 is 0 Å². The van der Waals surface area contributed by atoms with Crippen molar-refractivity contribution in [1.82, 2.24) is 14.8 Å². The third kappa shape index (κ3) is 4.37. The molecule has 10 nitrogen and oxygen atoms in total. The van der Waals surface area contributed by atoms with E-state index in [2.05, 4.69) is 10.3 Å². The lowest BCUT2D eigenvalue weighted by molar-refractivity contribution is -0.393. The number of rotatable bonds is 6. The number of methoxy groups -OCH3 is 2. The Balaban J connectivity index is 1.84. The van der Waals surface area contributed by atoms with Crippen LogP contribution in [0.4, 0.5) is 5.82 Å². The summed E-state index contributed by atoms with van der Waals surface area (Å²) < 4.78 is 10.7. The van der Waals surface area contributed by atoms with Crippen LogP contribution in [0.15, 0.2) is 6.07 Å². The van der Waals surface area contributed by atoms with Gasteiger partial charge in [-0.05, 0) is 30.0 Å². The highest BCUT2D eigenvalue weighted by Crippen LogP contribution is 2.29. The van der Waals surface area contributed by atoms with Crippen LogP contribution in [0.25, 0.3) is 0 Å². The van der Waals surface area contributed by atoms with Crippen LogP contribution in [0.3, 0.4) is 0 Å². The standard InChI is InChI=1S/C17H26N4O6/c1-26-16(27-2)14-12(8-11-4-3-5-18-15(11)19-14)9-20-6-7-21(10-13(20)22)17(23,24)25/h8,16,23-25H,3-7,9-10H2,1-2H3,(H,18,19). The van der Waals surface area contributed by atoms with Crippen LogP contribution in [0.2, 0.25) is 0 Å². The Bertz CT molecular complexity index is 689. The molecule has 1 fully saturated rings. The van der Waals surface area contributed by atoms with E-state index in [1.807, 2.05) is 6.07 Å². The number of hydrogen-bond acceptors (Lipinski definition) is 9. The molecule has 27 heavy (non-hydrogen) atoms. The van der Waals surface area contributed by atoms with Crippen LogP contribution in [0.5, 0.6) is 0 Å². The van der Waals surface area contributed by atoms with Gasteiger partial charge in [0.1, 0.15) is 11.5 Å². The molecule has 150 valence electrons. The zero-order valence-electron chi connectivity index (χ0n) is 15.5. The van der Waals surface area contributed by atoms with Gasteiger partial charge in [-0.25, -0.2) is 9.88 Å². The molecule has 0 bridgehead atoms. The van der Waals surface area contributed by atoms with Crippen LogP contribution in [0, 0.1) is 0 Å². The molecule has 0 aromatic carbocycles. The van der Waals surface area contributed by atoms with Crippen molar-refractivity contribution in [2.45, 2.75) is 31.8 Å². The molecule has 0 saturated carbocycles. The Kier molecular flexibility index (Phi) is 5.94. The summed E-state index contributed by atoms with van der Waals surface area (Å²) in [6.45, 7) is 1.22. The van der Waals surface area contributed by atoms with Gasteiger partial charge < -0.3 is 35.0 Å². The number of aromatic nitrogens is 1. The van der Waals surface area contributed by atoms with Crippen molar-refractivity contribution in [3.8, 4) is 0 Å². The fourth-order valence-electron chi connectivity index (χ4n) is 3.43. The first-order valence-electron chi connectivity index (χ1n) is 8.85. The SMILES string of the molecule is COC(OC)c1nc2c(cc1CN1CCN(C(O)(O)O)CC1=O)CCCN2. The largest absolute Gasteiger partial charge is 0.370 e. The van der Waals surface area contributed by atoms with E-state index >= 15 is 0 Å². The number of carbonyl (C=O) groups is 1. The van der Waals surface area contributed by atoms with Crippen LogP contribution < -0.4 is 5.32 Å². The van der Waals surface area contributed by atoms with Gasteiger partial charge in [0, 0.05) is 40.4 Å². The first-order valence-corrected chi connectivity index (χ1v) is 8.85. The van der Waals surface area contributed by atoms with Crippen LogP contribution in [-0.2, 0) is 27.2 Å². The van der Waals surface area contributed by atoms with Gasteiger partial charge in [0.05, 0.1) is 6.54 Å². The summed E-state index contributed by atoms with van der Waals surface area (Å²) in [6, 6.07) is 2.02. The highest BCUT2D eigenvalue weighted by atomic mass is 16.7. The molecular formula is C17H26N4O6. The monoisotopic (exact) mass is 382 g/mol. The number of hydrogen-bond donors (Lipinski definition) is 4. The minimum atomic E-state index is -3.00. The second kappa shape index (κ2) is 8.05. The molecule has 3 rings (SSSR count). The summed E-state index contributed by atoms with van der Waals surface area (Å²) in [5.41, 5.74) is 2.50. The number of anilines is 1. The quantitative estimate of drug-likeness (QED) is 0.456. The maximum atomic E-state index is 12.4. The molecule has 10 heteroatoms. The maximum absolute atomic E-state index is 12.4. The smallest absolute Gasteiger partial charge is 0.346 e. The van der Waals surface area contributed by atoms with Gasteiger partial charge in [0.25, 0.3) is 0 Å². The van der Waals surface area contributed by atoms with Gasteiger partial charge in [-0.3, -0.25) is 4.79 Å². The molecule has 1 saturated heterocycles. The van der Waals surface area contributed by atoms with E-state index in [0.717, 1.165) is 41.2 Å². The fourth-order valence-corrected chi connectivity index (χ4v) is 3.43. The molecule has 0 radical (unpaired) electrons. The van der Waals surface area contributed by atoms with Gasteiger partial charge in [-0.15, -0.1) is 0 Å². The summed E-state index contributed by atoms with van der Waals surface area (Å²) in [7, 11) is 3.06. The zero-order chi connectivity index (χ0) is 19.6. The first kappa shape index (κ1) is 19.9. The zero-order valence-corrected chi connectivity index (χ0v) is 15.5. The lowest BCUT2D eigenvalue weighted by Gasteiger charge is -2.38. The maximum Gasteiger partial charge on any atom is 0.346 e. The topological polar surface area (TPSA) is 128 Å². The van der Waals surface area contributed by atoms with Crippen molar-refractivity contribution in [2.24, 2.45) is 0 Å². The average Bonchev–Trinajstić information content (AvgIpc) is 2.63. The number of nitrogens with one attached hydrogen (secondary N) is 1. The number of aryl methyl sites for hydroxylation is 1. The van der Waals surface area contributed by atoms with E-state index in [1.165, 1.54) is 14.2 Å². The van der Waals surface area contributed by atoms with E-state index in [0.29, 0.717) is 12.2 Å². The van der Waals surface area contributed by atoms with Crippen molar-refractivity contribution in [3.63, 3.8) is 0 Å². The third-order valence-corrected chi connectivity index (χ3v) is 4.88. The highest BCUT2D eigenvalue weighted by Gasteiger charge is 2.36. The lowest BCUT2D eigenvalue weighted by atomic mass is 10.0. The molecule has 1 amide bonds. The second-order valence-electron chi connectivity index (χ2n) is 6.71. The third-order valence-electron chi connectivity index (χ3n) is 4.88. The van der Waals surface area contributed by atoms with Crippen molar-refractivity contribution < 1.29 is 29.6 Å². The minimum absolute atomic E-state index is 0.127. The van der Waals surface area contributed by atoms with E-state index < -0.39 is 12.4 Å². The molecule has 1 aromatic heterocycles. The van der Waals surface area contributed by atoms with Gasteiger partial charge >= 0.3 is 6.10 Å². The Labute approximate surface area is 157 Å². The predicted octanol–water partition coefficient (Wildman–Crippen LogP) is -1.04. The van der Waals surface area contributed by atoms with Crippen molar-refractivity contribution in [3.05, 3.63) is 22.9 Å². The van der Waals surface area contributed by atoms with E-state index in [-0.39, 0.29) is 25.5 Å². The molecular weight excluding hydrogens is 356 g/mol. The van der Waals surface area contributed by atoms with Crippen molar-refractivity contribution in [2.75, 3.05) is 45.7 Å². The van der Waals surface area contributed by atoms with Crippen LogP contribution in [0.1, 0.15) is 29.5 Å². The summed E-state index contributed by atoms with van der Waals surface area (Å²) in [5, 5.41) is 31.1. The number of ether oxygens (including phenoxy) is 2. The highest BCUT2D eigenvalue weighted by molar-refractivity contribution is 5.79. The summed E-state index contributed by atoms with van der Waals surface area (Å²) in [4.78, 5) is 19.6. The van der Waals surface area contributed by atoms with Gasteiger partial charge in [-0.2, -0.15) is 0 Å². The number of amides is 1. The molecule has 3 heterocycles. The minimum Gasteiger partial charge on any atom is -0.370 e. The summed E-state index contributed by atoms with van der Waals surface area (Å²) >= 11 is 0. The van der Waals surface area contributed by atoms with Gasteiger partial charge in [-0.1, -0.05) is 0 Å². The number of piperazine rings is 1. The number of fused-ring (bicyclic) bond motifs is 1. The number of carbonyl (C=O) groups excluding carboxylic acids is 1. The van der Waals surface area contributed by atoms with E-state index in [4.69, 9.17) is 9.47 Å². The lowest BCUT2D eigenvalue weighted by Crippen LogP contribution is -2.59. The van der Waals surface area contributed by atoms with E-state index in [1.54, 1.807) is 4.90 Å². The summed E-state index contributed by atoms with van der Waals surface area (Å²) in [5.74, 6) is 0.483. The van der Waals surface area contributed by atoms with Crippen molar-refractivity contribution >= 4 is 11.7 Å². The number of nitrogens with zero attached hydrogens (tertiary/aromatic N) is 3. The molecule has 0 unspecified atom stereocenters. The second-order valence-corrected chi connectivity index (χ2v) is 6.71. The Morgan fingerprint density at radius 3 is 2.67 bits per heavy atom. The molecule has 0 atom stereocenters. The Hall–Kier alpha value is -1.82. The first-order chi connectivity index (χ1) is 12.8. The van der Waals surface area contributed by atoms with Gasteiger partial charge in [0.15, 0.2) is 0 Å². The van der Waals surface area contributed by atoms with E-state index in [9.17, 15) is 20.1 Å². The number of pyridine rings is 1. The molecule has 1 aromatic rings. The molecule has 2 aliphatic heterocycles.